The predicted molar refractivity (Wildman–Crippen MR) is 98.6 cm³/mol. The predicted octanol–water partition coefficient (Wildman–Crippen LogP) is 3.60. The fourth-order valence-corrected chi connectivity index (χ4v) is 2.55. The number of para-hydroxylation sites is 2. The van der Waals surface area contributed by atoms with Gasteiger partial charge in [-0.05, 0) is 36.4 Å². The van der Waals surface area contributed by atoms with E-state index in [-0.39, 0.29) is 17.6 Å². The number of amides is 1. The summed E-state index contributed by atoms with van der Waals surface area (Å²) in [6.07, 6.45) is 1.99. The van der Waals surface area contributed by atoms with E-state index in [0.717, 1.165) is 4.47 Å². The number of nitrogens with one attached hydrogen (secondary N) is 1. The van der Waals surface area contributed by atoms with Gasteiger partial charge in [0.2, 0.25) is 5.91 Å². The molecule has 126 valence electrons. The summed E-state index contributed by atoms with van der Waals surface area (Å²) < 4.78 is 0.753. The van der Waals surface area contributed by atoms with Crippen LogP contribution in [0.4, 0.5) is 11.4 Å². The molecule has 5 nitrogen and oxygen atoms in total. The maximum Gasteiger partial charge on any atom is 0.248 e. The van der Waals surface area contributed by atoms with E-state index in [1.54, 1.807) is 49.4 Å². The Balaban J connectivity index is 2.04. The summed E-state index contributed by atoms with van der Waals surface area (Å²) in [5.41, 5.74) is 7.18. The van der Waals surface area contributed by atoms with Gasteiger partial charge in [0.1, 0.15) is 5.75 Å². The number of aliphatic hydroxyl groups excluding tert-OH is 1. The van der Waals surface area contributed by atoms with Crippen molar-refractivity contribution in [2.24, 2.45) is 5.92 Å². The molecule has 0 aliphatic heterocycles. The van der Waals surface area contributed by atoms with Gasteiger partial charge in [-0.2, -0.15) is 0 Å². The molecule has 0 spiro atoms. The second-order valence-corrected chi connectivity index (χ2v) is 6.36. The number of phenols is 1. The highest BCUT2D eigenvalue weighted by Gasteiger charge is 2.18. The van der Waals surface area contributed by atoms with Crippen LogP contribution in [0.15, 0.2) is 59.1 Å². The number of aromatic hydroxyl groups is 1. The van der Waals surface area contributed by atoms with Crippen molar-refractivity contribution >= 4 is 33.2 Å². The number of nitrogens with two attached hydrogens (primary N) is 1. The molecule has 1 amide bonds. The molecule has 24 heavy (non-hydrogen) atoms. The Morgan fingerprint density at radius 2 is 2.00 bits per heavy atom. The highest BCUT2D eigenvalue weighted by Crippen LogP contribution is 2.32. The lowest BCUT2D eigenvalue weighted by Crippen LogP contribution is -2.12. The molecule has 0 saturated heterocycles. The molecule has 0 aliphatic rings. The van der Waals surface area contributed by atoms with E-state index in [9.17, 15) is 15.0 Å². The topological polar surface area (TPSA) is 95.6 Å². The first kappa shape index (κ1) is 18.0. The van der Waals surface area contributed by atoms with Crippen molar-refractivity contribution in [1.82, 2.24) is 0 Å². The van der Waals surface area contributed by atoms with Crippen LogP contribution < -0.4 is 11.1 Å². The lowest BCUT2D eigenvalue weighted by Gasteiger charge is -2.17. The number of phenolic OH excluding ortho intramolecular Hbond substituents is 1. The Hall–Kier alpha value is -2.31. The molecule has 2 atom stereocenters. The van der Waals surface area contributed by atoms with Crippen LogP contribution in [-0.4, -0.2) is 16.1 Å². The number of halogens is 1. The van der Waals surface area contributed by atoms with E-state index in [1.807, 2.05) is 0 Å². The zero-order chi connectivity index (χ0) is 17.7. The number of benzene rings is 2. The monoisotopic (exact) mass is 390 g/mol. The maximum absolute atomic E-state index is 12.0. The highest BCUT2D eigenvalue weighted by atomic mass is 79.9. The van der Waals surface area contributed by atoms with Crippen LogP contribution in [0, 0.1) is 5.92 Å². The van der Waals surface area contributed by atoms with Gasteiger partial charge in [0.25, 0.3) is 0 Å². The number of hydrogen-bond acceptors (Lipinski definition) is 4. The van der Waals surface area contributed by atoms with Crippen LogP contribution >= 0.6 is 15.9 Å². The third-order valence-electron chi connectivity index (χ3n) is 3.58. The molecule has 2 aromatic rings. The fraction of sp³-hybridized carbons (Fsp3) is 0.167. The first-order valence-electron chi connectivity index (χ1n) is 7.38. The minimum atomic E-state index is -0.937. The Kier molecular flexibility index (Phi) is 6.00. The molecule has 2 aromatic carbocycles. The molecule has 0 bridgehead atoms. The van der Waals surface area contributed by atoms with Gasteiger partial charge in [-0.25, -0.2) is 0 Å². The molecule has 0 aromatic heterocycles. The summed E-state index contributed by atoms with van der Waals surface area (Å²) in [7, 11) is 0. The van der Waals surface area contributed by atoms with Crippen molar-refractivity contribution < 1.29 is 15.0 Å². The van der Waals surface area contributed by atoms with Crippen LogP contribution in [0.25, 0.3) is 0 Å². The minimum Gasteiger partial charge on any atom is -0.508 e. The van der Waals surface area contributed by atoms with E-state index in [4.69, 9.17) is 5.73 Å². The second kappa shape index (κ2) is 7.99. The van der Waals surface area contributed by atoms with Crippen LogP contribution in [0.5, 0.6) is 5.75 Å². The quantitative estimate of drug-likeness (QED) is 0.463. The van der Waals surface area contributed by atoms with E-state index in [1.165, 1.54) is 12.1 Å². The molecular formula is C18H19BrN2O3. The molecule has 0 radical (unpaired) electrons. The summed E-state index contributed by atoms with van der Waals surface area (Å²) in [6.45, 7) is 1.76. The van der Waals surface area contributed by atoms with Crippen LogP contribution in [0.3, 0.4) is 0 Å². The van der Waals surface area contributed by atoms with Crippen LogP contribution in [0.2, 0.25) is 0 Å². The van der Waals surface area contributed by atoms with Gasteiger partial charge in [0.15, 0.2) is 0 Å². The fourth-order valence-electron chi connectivity index (χ4n) is 2.18. The van der Waals surface area contributed by atoms with Gasteiger partial charge >= 0.3 is 0 Å². The Bertz CT molecular complexity index is 762. The number of carbonyl (C=O) groups is 1. The Labute approximate surface area is 148 Å². The van der Waals surface area contributed by atoms with Crippen LogP contribution in [0.1, 0.15) is 18.6 Å². The standard InChI is InChI=1S/C18H19BrN2O3/c1-11(18(24)13-10-12(19)7-8-16(13)22)6-9-17(23)21-15-5-3-2-4-14(15)20/h2-11,18,22,24H,20H2,1H3,(H,21,23)/b9-6+/t11-,18-/m1/s1. The largest absolute Gasteiger partial charge is 0.508 e. The van der Waals surface area contributed by atoms with Crippen molar-refractivity contribution in [3.63, 3.8) is 0 Å². The molecule has 2 rings (SSSR count). The van der Waals surface area contributed by atoms with Crippen LogP contribution in [-0.2, 0) is 4.79 Å². The molecule has 0 heterocycles. The van der Waals surface area contributed by atoms with Crippen molar-refractivity contribution in [3.8, 4) is 5.75 Å². The SMILES string of the molecule is C[C@H](/C=C/C(=O)Nc1ccccc1N)[C@@H](O)c1cc(Br)ccc1O. The minimum absolute atomic E-state index is 0.00691. The van der Waals surface area contributed by atoms with Gasteiger partial charge in [0, 0.05) is 16.0 Å². The average molecular weight is 391 g/mol. The lowest BCUT2D eigenvalue weighted by atomic mass is 9.96. The zero-order valence-electron chi connectivity index (χ0n) is 13.1. The van der Waals surface area contributed by atoms with Gasteiger partial charge in [-0.1, -0.05) is 41.1 Å². The molecular weight excluding hydrogens is 372 g/mol. The number of carbonyl (C=O) groups excluding carboxylic acids is 1. The average Bonchev–Trinajstić information content (AvgIpc) is 2.56. The van der Waals surface area contributed by atoms with Gasteiger partial charge in [0.05, 0.1) is 17.5 Å². The molecule has 0 saturated carbocycles. The number of anilines is 2. The molecule has 0 aliphatic carbocycles. The second-order valence-electron chi connectivity index (χ2n) is 5.44. The Morgan fingerprint density at radius 1 is 1.29 bits per heavy atom. The van der Waals surface area contributed by atoms with E-state index in [2.05, 4.69) is 21.2 Å². The van der Waals surface area contributed by atoms with Crippen molar-refractivity contribution in [3.05, 3.63) is 64.7 Å². The maximum atomic E-state index is 12.0. The van der Waals surface area contributed by atoms with Gasteiger partial charge in [-0.3, -0.25) is 4.79 Å². The molecule has 0 unspecified atom stereocenters. The van der Waals surface area contributed by atoms with Crippen molar-refractivity contribution in [1.29, 1.82) is 0 Å². The van der Waals surface area contributed by atoms with Crippen molar-refractivity contribution in [2.45, 2.75) is 13.0 Å². The number of aliphatic hydroxyl groups is 1. The number of rotatable bonds is 5. The lowest BCUT2D eigenvalue weighted by molar-refractivity contribution is -0.111. The Morgan fingerprint density at radius 3 is 2.71 bits per heavy atom. The molecule has 0 fully saturated rings. The smallest absolute Gasteiger partial charge is 0.248 e. The molecule has 6 heteroatoms. The third-order valence-corrected chi connectivity index (χ3v) is 4.07. The van der Waals surface area contributed by atoms with Crippen molar-refractivity contribution in [2.75, 3.05) is 11.1 Å². The highest BCUT2D eigenvalue weighted by molar-refractivity contribution is 9.10. The summed E-state index contributed by atoms with van der Waals surface area (Å²) in [5.74, 6) is -0.707. The van der Waals surface area contributed by atoms with E-state index in [0.29, 0.717) is 16.9 Å². The molecule has 5 N–H and O–H groups in total. The van der Waals surface area contributed by atoms with E-state index < -0.39 is 6.10 Å². The third kappa shape index (κ3) is 4.59. The summed E-state index contributed by atoms with van der Waals surface area (Å²) in [6, 6.07) is 11.8. The summed E-state index contributed by atoms with van der Waals surface area (Å²) in [5, 5.41) is 22.9. The number of nitrogen functional groups attached to an aromatic ring is 1. The summed E-state index contributed by atoms with van der Waals surface area (Å²) in [4.78, 5) is 12.0. The van der Waals surface area contributed by atoms with E-state index >= 15 is 0 Å². The first-order valence-corrected chi connectivity index (χ1v) is 8.18. The number of hydrogen-bond donors (Lipinski definition) is 4. The van der Waals surface area contributed by atoms with Gasteiger partial charge < -0.3 is 21.3 Å². The zero-order valence-corrected chi connectivity index (χ0v) is 14.7. The summed E-state index contributed by atoms with van der Waals surface area (Å²) >= 11 is 3.30. The normalized spacial score (nSPS) is 13.6. The van der Waals surface area contributed by atoms with Gasteiger partial charge in [-0.15, -0.1) is 0 Å². The first-order chi connectivity index (χ1) is 11.4.